The van der Waals surface area contributed by atoms with E-state index in [1.165, 1.54) is 0 Å². The van der Waals surface area contributed by atoms with E-state index in [-0.39, 0.29) is 29.0 Å². The van der Waals surface area contributed by atoms with Crippen LogP contribution in [0.5, 0.6) is 0 Å². The monoisotopic (exact) mass is 346 g/mol. The standard InChI is InChI=1S/C21H22N4O/c1-12-15-10-9-14-17(13-7-5-4-6-8-13)24-20(22)25-19(14)21(15,2)11-16(23-3)18(12)26/h4-8,12,15-16H,9-11H2,1-2H3,(H2,22,24,25)/t12-,15-,16?,21-/m1/s1. The number of aromatic nitrogens is 2. The molecule has 1 saturated carbocycles. The molecule has 0 amide bonds. The van der Waals surface area contributed by atoms with E-state index in [2.05, 4.69) is 21.7 Å². The van der Waals surface area contributed by atoms with E-state index in [0.29, 0.717) is 6.42 Å². The van der Waals surface area contributed by atoms with Gasteiger partial charge in [-0.05, 0) is 18.8 Å². The molecule has 1 aromatic carbocycles. The lowest BCUT2D eigenvalue weighted by atomic mass is 9.55. The van der Waals surface area contributed by atoms with Crippen LogP contribution in [0.3, 0.4) is 0 Å². The quantitative estimate of drug-likeness (QED) is 0.803. The molecule has 0 bridgehead atoms. The molecule has 0 saturated heterocycles. The minimum atomic E-state index is -0.589. The fraction of sp³-hybridized carbons (Fsp3) is 0.429. The maximum atomic E-state index is 12.5. The topological polar surface area (TPSA) is 73.2 Å². The predicted octanol–water partition coefficient (Wildman–Crippen LogP) is 3.44. The predicted molar refractivity (Wildman–Crippen MR) is 100 cm³/mol. The first kappa shape index (κ1) is 16.7. The Morgan fingerprint density at radius 2 is 2.00 bits per heavy atom. The van der Waals surface area contributed by atoms with Gasteiger partial charge in [0.25, 0.3) is 6.04 Å². The molecule has 1 heterocycles. The number of hydrogen-bond acceptors (Lipinski definition) is 4. The van der Waals surface area contributed by atoms with Gasteiger partial charge in [-0.3, -0.25) is 4.79 Å². The van der Waals surface area contributed by atoms with E-state index in [9.17, 15) is 4.79 Å². The van der Waals surface area contributed by atoms with Gasteiger partial charge in [0, 0.05) is 28.9 Å². The molecule has 5 nitrogen and oxygen atoms in total. The lowest BCUT2D eigenvalue weighted by Crippen LogP contribution is -2.52. The third-order valence-electron chi connectivity index (χ3n) is 6.29. The molecule has 2 aliphatic rings. The zero-order valence-electron chi connectivity index (χ0n) is 15.1. The molecular formula is C21H22N4O. The maximum Gasteiger partial charge on any atom is 0.282 e. The number of fused-ring (bicyclic) bond motifs is 3. The molecule has 2 N–H and O–H groups in total. The van der Waals surface area contributed by atoms with Crippen LogP contribution >= 0.6 is 0 Å². The second-order valence-corrected chi connectivity index (χ2v) is 7.73. The fourth-order valence-corrected chi connectivity index (χ4v) is 5.00. The van der Waals surface area contributed by atoms with Gasteiger partial charge >= 0.3 is 0 Å². The Balaban J connectivity index is 1.91. The first-order valence-electron chi connectivity index (χ1n) is 9.08. The maximum absolute atomic E-state index is 12.5. The highest BCUT2D eigenvalue weighted by atomic mass is 16.1. The Hall–Kier alpha value is -2.74. The summed E-state index contributed by atoms with van der Waals surface area (Å²) in [5, 5.41) is 0. The number of anilines is 1. The van der Waals surface area contributed by atoms with Gasteiger partial charge in [-0.2, -0.15) is 0 Å². The first-order valence-corrected chi connectivity index (χ1v) is 9.08. The van der Waals surface area contributed by atoms with Crippen LogP contribution in [-0.2, 0) is 16.6 Å². The SMILES string of the molecule is [C-]#[N+]C1C[C@@]2(C)c3nc(N)nc(-c4ccccc4)c3CC[C@@H]2[C@@H](C)C1=O. The number of nitrogens with zero attached hydrogens (tertiary/aromatic N) is 3. The van der Waals surface area contributed by atoms with E-state index in [1.807, 2.05) is 37.3 Å². The number of Topliss-reactive ketones (excluding diaryl/α,β-unsaturated/α-hetero) is 1. The summed E-state index contributed by atoms with van der Waals surface area (Å²) in [5.74, 6) is 0.403. The average Bonchev–Trinajstić information content (AvgIpc) is 2.65. The lowest BCUT2D eigenvalue weighted by molar-refractivity contribution is -0.129. The van der Waals surface area contributed by atoms with Crippen molar-refractivity contribution in [3.63, 3.8) is 0 Å². The summed E-state index contributed by atoms with van der Waals surface area (Å²) in [6.45, 7) is 11.6. The summed E-state index contributed by atoms with van der Waals surface area (Å²) in [4.78, 5) is 25.3. The molecule has 1 fully saturated rings. The highest BCUT2D eigenvalue weighted by Gasteiger charge is 2.55. The summed E-state index contributed by atoms with van der Waals surface area (Å²) in [6.07, 6.45) is 2.26. The van der Waals surface area contributed by atoms with Crippen molar-refractivity contribution < 1.29 is 4.79 Å². The van der Waals surface area contributed by atoms with Crippen LogP contribution in [0.15, 0.2) is 30.3 Å². The Kier molecular flexibility index (Phi) is 3.80. The van der Waals surface area contributed by atoms with E-state index in [4.69, 9.17) is 12.3 Å². The van der Waals surface area contributed by atoms with Gasteiger partial charge in [0.1, 0.15) is 0 Å². The van der Waals surface area contributed by atoms with Crippen LogP contribution < -0.4 is 5.73 Å². The summed E-state index contributed by atoms with van der Waals surface area (Å²) >= 11 is 0. The van der Waals surface area contributed by atoms with Crippen LogP contribution in [0.2, 0.25) is 0 Å². The Labute approximate surface area is 153 Å². The molecule has 1 unspecified atom stereocenters. The highest BCUT2D eigenvalue weighted by Crippen LogP contribution is 2.52. The van der Waals surface area contributed by atoms with Crippen LogP contribution in [0.1, 0.15) is 37.9 Å². The highest BCUT2D eigenvalue weighted by molar-refractivity contribution is 5.89. The molecule has 2 aromatic rings. The third-order valence-corrected chi connectivity index (χ3v) is 6.29. The molecule has 0 spiro atoms. The van der Waals surface area contributed by atoms with Gasteiger partial charge in [0.15, 0.2) is 0 Å². The van der Waals surface area contributed by atoms with E-state index in [0.717, 1.165) is 35.4 Å². The second kappa shape index (κ2) is 5.91. The van der Waals surface area contributed by atoms with E-state index >= 15 is 0 Å². The molecule has 1 aromatic heterocycles. The molecule has 132 valence electrons. The molecular weight excluding hydrogens is 324 g/mol. The van der Waals surface area contributed by atoms with Crippen LogP contribution in [0, 0.1) is 18.4 Å². The summed E-state index contributed by atoms with van der Waals surface area (Å²) in [5.41, 5.74) is 9.73. The average molecular weight is 346 g/mol. The molecule has 4 atom stereocenters. The molecule has 0 aliphatic heterocycles. The van der Waals surface area contributed by atoms with E-state index in [1.54, 1.807) is 0 Å². The molecule has 2 aliphatic carbocycles. The van der Waals surface area contributed by atoms with Crippen LogP contribution in [0.25, 0.3) is 16.1 Å². The Bertz CT molecular complexity index is 918. The Morgan fingerprint density at radius 1 is 1.27 bits per heavy atom. The molecule has 4 rings (SSSR count). The minimum absolute atomic E-state index is 0.0798. The number of benzene rings is 1. The van der Waals surface area contributed by atoms with Gasteiger partial charge in [-0.25, -0.2) is 16.5 Å². The lowest BCUT2D eigenvalue weighted by Gasteiger charge is -2.47. The van der Waals surface area contributed by atoms with Crippen molar-refractivity contribution in [1.82, 2.24) is 9.97 Å². The van der Waals surface area contributed by atoms with Crippen molar-refractivity contribution in [3.05, 3.63) is 53.0 Å². The Morgan fingerprint density at radius 3 is 2.69 bits per heavy atom. The van der Waals surface area contributed by atoms with Crippen molar-refractivity contribution in [2.24, 2.45) is 11.8 Å². The molecule has 0 radical (unpaired) electrons. The number of carbonyl (C=O) groups excluding carboxylic acids is 1. The zero-order chi connectivity index (χ0) is 18.5. The molecule has 5 heteroatoms. The number of rotatable bonds is 1. The summed E-state index contributed by atoms with van der Waals surface area (Å²) in [7, 11) is 0. The summed E-state index contributed by atoms with van der Waals surface area (Å²) in [6, 6.07) is 9.44. The molecule has 26 heavy (non-hydrogen) atoms. The number of nitrogens with two attached hydrogens (primary N) is 1. The van der Waals surface area contributed by atoms with Gasteiger partial charge in [-0.1, -0.05) is 44.2 Å². The third kappa shape index (κ3) is 2.33. The smallest absolute Gasteiger partial charge is 0.282 e. The second-order valence-electron chi connectivity index (χ2n) is 7.73. The number of hydrogen-bond donors (Lipinski definition) is 1. The summed E-state index contributed by atoms with van der Waals surface area (Å²) < 4.78 is 0. The first-order chi connectivity index (χ1) is 12.5. The minimum Gasteiger partial charge on any atom is -0.368 e. The van der Waals surface area contributed by atoms with Crippen LogP contribution in [-0.4, -0.2) is 21.8 Å². The number of ketones is 1. The van der Waals surface area contributed by atoms with Crippen molar-refractivity contribution >= 4 is 11.7 Å². The van der Waals surface area contributed by atoms with Crippen molar-refractivity contribution in [1.29, 1.82) is 0 Å². The largest absolute Gasteiger partial charge is 0.368 e. The fourth-order valence-electron chi connectivity index (χ4n) is 5.00. The van der Waals surface area contributed by atoms with Gasteiger partial charge < -0.3 is 10.6 Å². The number of nitrogen functional groups attached to an aromatic ring is 1. The van der Waals surface area contributed by atoms with Gasteiger partial charge in [0.05, 0.1) is 11.4 Å². The van der Waals surface area contributed by atoms with Crippen LogP contribution in [0.4, 0.5) is 5.95 Å². The van der Waals surface area contributed by atoms with Gasteiger partial charge in [0.2, 0.25) is 11.7 Å². The van der Waals surface area contributed by atoms with Crippen molar-refractivity contribution in [2.45, 2.75) is 44.6 Å². The number of carbonyl (C=O) groups is 1. The normalized spacial score (nSPS) is 30.2. The van der Waals surface area contributed by atoms with E-state index < -0.39 is 6.04 Å². The van der Waals surface area contributed by atoms with Crippen molar-refractivity contribution in [2.75, 3.05) is 5.73 Å². The van der Waals surface area contributed by atoms with Gasteiger partial charge in [-0.15, -0.1) is 0 Å². The zero-order valence-corrected chi connectivity index (χ0v) is 15.1. The van der Waals surface area contributed by atoms with Crippen molar-refractivity contribution in [3.8, 4) is 11.3 Å².